The van der Waals surface area contributed by atoms with Crippen molar-refractivity contribution in [3.8, 4) is 0 Å². The number of carbonyl (C=O) groups excluding carboxylic acids is 2. The predicted molar refractivity (Wildman–Crippen MR) is 88.1 cm³/mol. The van der Waals surface area contributed by atoms with Crippen molar-refractivity contribution in [2.24, 2.45) is 0 Å². The number of hydrogen-bond acceptors (Lipinski definition) is 3. The van der Waals surface area contributed by atoms with Crippen LogP contribution in [-0.2, 0) is 14.3 Å². The largest absolute Gasteiger partial charge is 0.385 e. The first-order valence-corrected chi connectivity index (χ1v) is 7.57. The Hall–Kier alpha value is -1.88. The summed E-state index contributed by atoms with van der Waals surface area (Å²) in [4.78, 5) is 25.4. The zero-order chi connectivity index (χ0) is 16.5. The lowest BCUT2D eigenvalue weighted by molar-refractivity contribution is -0.121. The minimum Gasteiger partial charge on any atom is -0.385 e. The molecule has 0 aromatic heterocycles. The third kappa shape index (κ3) is 5.48. The maximum absolute atomic E-state index is 11.9. The van der Waals surface area contributed by atoms with Gasteiger partial charge in [-0.05, 0) is 37.5 Å². The fourth-order valence-electron chi connectivity index (χ4n) is 2.22. The summed E-state index contributed by atoms with van der Waals surface area (Å²) < 4.78 is 4.93. The molecule has 0 radical (unpaired) electrons. The first kappa shape index (κ1) is 18.2. The van der Waals surface area contributed by atoms with Gasteiger partial charge in [0.15, 0.2) is 0 Å². The van der Waals surface area contributed by atoms with E-state index in [4.69, 9.17) is 4.74 Å². The molecule has 122 valence electrons. The Morgan fingerprint density at radius 1 is 1.27 bits per heavy atom. The highest BCUT2D eigenvalue weighted by Gasteiger charge is 2.15. The van der Waals surface area contributed by atoms with Crippen LogP contribution < -0.4 is 10.2 Å². The lowest BCUT2D eigenvalue weighted by atomic mass is 10.1. The third-order valence-electron chi connectivity index (χ3n) is 3.66. The van der Waals surface area contributed by atoms with Crippen molar-refractivity contribution in [3.05, 3.63) is 29.3 Å². The van der Waals surface area contributed by atoms with E-state index in [1.54, 1.807) is 12.0 Å². The Balaban J connectivity index is 2.60. The molecule has 0 saturated heterocycles. The Morgan fingerprint density at radius 3 is 2.64 bits per heavy atom. The monoisotopic (exact) mass is 306 g/mol. The third-order valence-corrected chi connectivity index (χ3v) is 3.66. The standard InChI is InChI=1S/C17H26N2O3/c1-13-7-5-8-16(14(13)2)19(15(3)20)11-9-17(21)18-10-6-12-22-4/h5,7-8H,6,9-12H2,1-4H3,(H,18,21). The number of aryl methyl sites for hydroxylation is 1. The van der Waals surface area contributed by atoms with Gasteiger partial charge in [0.05, 0.1) is 0 Å². The zero-order valence-electron chi connectivity index (χ0n) is 13.9. The Kier molecular flexibility index (Phi) is 7.60. The van der Waals surface area contributed by atoms with Crippen molar-refractivity contribution < 1.29 is 14.3 Å². The molecule has 1 aromatic rings. The van der Waals surface area contributed by atoms with Crippen LogP contribution in [0, 0.1) is 13.8 Å². The molecule has 2 amide bonds. The summed E-state index contributed by atoms with van der Waals surface area (Å²) >= 11 is 0. The maximum Gasteiger partial charge on any atom is 0.223 e. The number of hydrogen-bond donors (Lipinski definition) is 1. The second-order valence-electron chi connectivity index (χ2n) is 5.34. The highest BCUT2D eigenvalue weighted by molar-refractivity contribution is 5.93. The van der Waals surface area contributed by atoms with Crippen LogP contribution >= 0.6 is 0 Å². The number of amides is 2. The van der Waals surface area contributed by atoms with E-state index in [1.165, 1.54) is 6.92 Å². The Morgan fingerprint density at radius 2 is 2.00 bits per heavy atom. The fraction of sp³-hybridized carbons (Fsp3) is 0.529. The van der Waals surface area contributed by atoms with Gasteiger partial charge in [-0.25, -0.2) is 0 Å². The lowest BCUT2D eigenvalue weighted by Crippen LogP contribution is -2.34. The van der Waals surface area contributed by atoms with Crippen LogP contribution in [0.5, 0.6) is 0 Å². The molecule has 1 aromatic carbocycles. The summed E-state index contributed by atoms with van der Waals surface area (Å²) in [6.07, 6.45) is 1.08. The van der Waals surface area contributed by atoms with E-state index in [0.29, 0.717) is 26.1 Å². The van der Waals surface area contributed by atoms with E-state index >= 15 is 0 Å². The first-order chi connectivity index (χ1) is 10.5. The number of nitrogens with one attached hydrogen (secondary N) is 1. The van der Waals surface area contributed by atoms with Crippen molar-refractivity contribution in [1.29, 1.82) is 0 Å². The van der Waals surface area contributed by atoms with Gasteiger partial charge in [0.25, 0.3) is 0 Å². The van der Waals surface area contributed by atoms with Gasteiger partial charge < -0.3 is 15.0 Å². The highest BCUT2D eigenvalue weighted by atomic mass is 16.5. The van der Waals surface area contributed by atoms with E-state index < -0.39 is 0 Å². The molecule has 5 heteroatoms. The summed E-state index contributed by atoms with van der Waals surface area (Å²) in [6.45, 7) is 7.14. The van der Waals surface area contributed by atoms with Gasteiger partial charge in [0.2, 0.25) is 11.8 Å². The first-order valence-electron chi connectivity index (χ1n) is 7.57. The van der Waals surface area contributed by atoms with E-state index in [9.17, 15) is 9.59 Å². The second kappa shape index (κ2) is 9.20. The average molecular weight is 306 g/mol. The van der Waals surface area contributed by atoms with E-state index in [1.807, 2.05) is 32.0 Å². The minimum absolute atomic E-state index is 0.0485. The molecule has 5 nitrogen and oxygen atoms in total. The van der Waals surface area contributed by atoms with Gasteiger partial charge in [0, 0.05) is 45.8 Å². The Labute approximate surface area is 132 Å². The van der Waals surface area contributed by atoms with Gasteiger partial charge >= 0.3 is 0 Å². The summed E-state index contributed by atoms with van der Waals surface area (Å²) in [5, 5.41) is 2.83. The summed E-state index contributed by atoms with van der Waals surface area (Å²) in [7, 11) is 1.64. The van der Waals surface area contributed by atoms with Crippen LogP contribution in [0.2, 0.25) is 0 Å². The second-order valence-corrected chi connectivity index (χ2v) is 5.34. The molecule has 0 aliphatic heterocycles. The Bertz CT molecular complexity index is 515. The lowest BCUT2D eigenvalue weighted by Gasteiger charge is -2.23. The van der Waals surface area contributed by atoms with Crippen LogP contribution in [0.4, 0.5) is 5.69 Å². The van der Waals surface area contributed by atoms with Crippen molar-refractivity contribution in [2.45, 2.75) is 33.6 Å². The molecule has 0 unspecified atom stereocenters. The number of nitrogens with zero attached hydrogens (tertiary/aromatic N) is 1. The predicted octanol–water partition coefficient (Wildman–Crippen LogP) is 2.20. The van der Waals surface area contributed by atoms with Crippen molar-refractivity contribution >= 4 is 17.5 Å². The molecule has 0 atom stereocenters. The number of rotatable bonds is 8. The van der Waals surface area contributed by atoms with Crippen LogP contribution in [0.15, 0.2) is 18.2 Å². The summed E-state index contributed by atoms with van der Waals surface area (Å²) in [5.41, 5.74) is 3.07. The fourth-order valence-corrected chi connectivity index (χ4v) is 2.22. The van der Waals surface area contributed by atoms with Gasteiger partial charge in [-0.15, -0.1) is 0 Å². The smallest absolute Gasteiger partial charge is 0.223 e. The molecule has 0 saturated carbocycles. The average Bonchev–Trinajstić information content (AvgIpc) is 2.47. The van der Waals surface area contributed by atoms with Gasteiger partial charge in [0.1, 0.15) is 0 Å². The summed E-state index contributed by atoms with van der Waals surface area (Å²) in [6, 6.07) is 5.86. The number of carbonyl (C=O) groups is 2. The van der Waals surface area contributed by atoms with Crippen LogP contribution in [0.25, 0.3) is 0 Å². The molecule has 0 heterocycles. The van der Waals surface area contributed by atoms with E-state index in [-0.39, 0.29) is 11.8 Å². The van der Waals surface area contributed by atoms with Crippen LogP contribution in [0.1, 0.15) is 30.9 Å². The van der Waals surface area contributed by atoms with Crippen LogP contribution in [-0.4, -0.2) is 38.6 Å². The molecule has 0 aliphatic rings. The van der Waals surface area contributed by atoms with Gasteiger partial charge in [-0.3, -0.25) is 9.59 Å². The number of ether oxygens (including phenoxy) is 1. The number of anilines is 1. The number of methoxy groups -OCH3 is 1. The van der Waals surface area contributed by atoms with Crippen molar-refractivity contribution in [1.82, 2.24) is 5.32 Å². The molecular weight excluding hydrogens is 280 g/mol. The molecular formula is C17H26N2O3. The van der Waals surface area contributed by atoms with Gasteiger partial charge in [-0.2, -0.15) is 0 Å². The number of benzene rings is 1. The normalized spacial score (nSPS) is 10.4. The minimum atomic E-state index is -0.0547. The molecule has 1 N–H and O–H groups in total. The maximum atomic E-state index is 11.9. The zero-order valence-corrected chi connectivity index (χ0v) is 13.9. The van der Waals surface area contributed by atoms with Gasteiger partial charge in [-0.1, -0.05) is 12.1 Å². The molecule has 1 rings (SSSR count). The highest BCUT2D eigenvalue weighted by Crippen LogP contribution is 2.23. The topological polar surface area (TPSA) is 58.6 Å². The van der Waals surface area contributed by atoms with E-state index in [0.717, 1.165) is 23.2 Å². The SMILES string of the molecule is COCCCNC(=O)CCN(C(C)=O)c1cccc(C)c1C. The van der Waals surface area contributed by atoms with E-state index in [2.05, 4.69) is 5.32 Å². The summed E-state index contributed by atoms with van der Waals surface area (Å²) in [5.74, 6) is -0.103. The molecule has 0 bridgehead atoms. The molecule has 0 spiro atoms. The molecule has 22 heavy (non-hydrogen) atoms. The molecule has 0 aliphatic carbocycles. The van der Waals surface area contributed by atoms with Crippen molar-refractivity contribution in [3.63, 3.8) is 0 Å². The molecule has 0 fully saturated rings. The van der Waals surface area contributed by atoms with Crippen molar-refractivity contribution in [2.75, 3.05) is 31.7 Å². The quantitative estimate of drug-likeness (QED) is 0.749. The van der Waals surface area contributed by atoms with Crippen LogP contribution in [0.3, 0.4) is 0 Å².